The molecule has 2 aromatic rings. The Bertz CT molecular complexity index is 1110. The first kappa shape index (κ1) is 27.5. The number of hydrogen-bond acceptors (Lipinski definition) is 6. The Labute approximate surface area is 196 Å². The molecule has 1 aromatic carbocycles. The van der Waals surface area contributed by atoms with Gasteiger partial charge in [0.2, 0.25) is 10.0 Å². The number of rotatable bonds is 2. The minimum absolute atomic E-state index is 0.164. The normalized spacial score (nSPS) is 18.8. The minimum atomic E-state index is -3.17. The highest BCUT2D eigenvalue weighted by atomic mass is 32.2. The molecule has 0 radical (unpaired) electrons. The predicted molar refractivity (Wildman–Crippen MR) is 122 cm³/mol. The van der Waals surface area contributed by atoms with E-state index in [2.05, 4.69) is 15.3 Å². The maximum Gasteiger partial charge on any atom is 0.266 e. The minimum Gasteiger partial charge on any atom is -0.386 e. The van der Waals surface area contributed by atoms with E-state index in [1.54, 1.807) is 13.0 Å². The third-order valence-corrected chi connectivity index (χ3v) is 4.84. The van der Waals surface area contributed by atoms with Crippen molar-refractivity contribution >= 4 is 15.9 Å². The number of aryl methyl sites for hydroxylation is 1. The standard InChI is InChI=1S/C19H17F4N3O.C2H6.CH5NO2S/c1-11-7-12(18-14(20)3-2-4-15(18)21)13(9-24-11)16-8-17(25-27-16)26-6-5-19(22,23)10-26;1-2;1-5(2,3)4/h2-4,7,9,16H,5-6,8,10H2,1H3;1-2H3;1H3,(H2,2,3,4). The van der Waals surface area contributed by atoms with E-state index in [-0.39, 0.29) is 24.9 Å². The smallest absolute Gasteiger partial charge is 0.266 e. The van der Waals surface area contributed by atoms with Gasteiger partial charge in [0.15, 0.2) is 6.10 Å². The maximum atomic E-state index is 14.3. The Morgan fingerprint density at radius 2 is 1.79 bits per heavy atom. The summed E-state index contributed by atoms with van der Waals surface area (Å²) in [7, 11) is -3.17. The van der Waals surface area contributed by atoms with Crippen LogP contribution in [0, 0.1) is 18.6 Å². The lowest BCUT2D eigenvalue weighted by molar-refractivity contribution is 0.0174. The number of sulfonamides is 1. The van der Waals surface area contributed by atoms with Crippen molar-refractivity contribution in [3.8, 4) is 11.1 Å². The average Bonchev–Trinajstić information content (AvgIpc) is 3.35. The third kappa shape index (κ3) is 7.39. The van der Waals surface area contributed by atoms with Crippen molar-refractivity contribution in [2.75, 3.05) is 19.3 Å². The molecule has 0 amide bonds. The van der Waals surface area contributed by atoms with Gasteiger partial charge in [0.1, 0.15) is 17.5 Å². The summed E-state index contributed by atoms with van der Waals surface area (Å²) in [6, 6.07) is 5.24. The number of benzene rings is 1. The van der Waals surface area contributed by atoms with Crippen molar-refractivity contribution < 1.29 is 30.8 Å². The first-order chi connectivity index (χ1) is 15.8. The van der Waals surface area contributed by atoms with Gasteiger partial charge in [-0.3, -0.25) is 4.98 Å². The molecule has 0 spiro atoms. The van der Waals surface area contributed by atoms with Crippen molar-refractivity contribution in [2.24, 2.45) is 10.3 Å². The van der Waals surface area contributed by atoms with E-state index in [9.17, 15) is 26.0 Å². The van der Waals surface area contributed by atoms with Crippen LogP contribution in [-0.2, 0) is 14.9 Å². The summed E-state index contributed by atoms with van der Waals surface area (Å²) in [5.41, 5.74) is 1.22. The molecule has 1 aromatic heterocycles. The number of primary sulfonamides is 1. The summed E-state index contributed by atoms with van der Waals surface area (Å²) in [6.07, 6.45) is 1.81. The summed E-state index contributed by atoms with van der Waals surface area (Å²) < 4.78 is 74.4. The largest absolute Gasteiger partial charge is 0.386 e. The lowest BCUT2D eigenvalue weighted by atomic mass is 9.95. The number of aromatic nitrogens is 1. The molecule has 0 aliphatic carbocycles. The van der Waals surface area contributed by atoms with E-state index < -0.39 is 40.2 Å². The van der Waals surface area contributed by atoms with Gasteiger partial charge >= 0.3 is 0 Å². The zero-order chi connectivity index (χ0) is 25.7. The first-order valence-electron chi connectivity index (χ1n) is 10.6. The highest BCUT2D eigenvalue weighted by Gasteiger charge is 2.41. The monoisotopic (exact) mass is 504 g/mol. The van der Waals surface area contributed by atoms with Crippen LogP contribution >= 0.6 is 0 Å². The number of nitrogens with zero attached hydrogens (tertiary/aromatic N) is 3. The molecular weight excluding hydrogens is 476 g/mol. The molecule has 2 aliphatic heterocycles. The molecule has 7 nitrogen and oxygen atoms in total. The zero-order valence-corrected chi connectivity index (χ0v) is 20.2. The van der Waals surface area contributed by atoms with Gasteiger partial charge in [0, 0.05) is 30.4 Å². The van der Waals surface area contributed by atoms with Gasteiger partial charge in [-0.05, 0) is 30.7 Å². The molecule has 2 aliphatic rings. The van der Waals surface area contributed by atoms with E-state index in [1.165, 1.54) is 29.3 Å². The number of amidine groups is 1. The van der Waals surface area contributed by atoms with E-state index in [1.807, 2.05) is 13.8 Å². The Balaban J connectivity index is 0.000000520. The molecule has 34 heavy (non-hydrogen) atoms. The van der Waals surface area contributed by atoms with Gasteiger partial charge in [-0.1, -0.05) is 25.1 Å². The van der Waals surface area contributed by atoms with E-state index in [0.29, 0.717) is 22.7 Å². The quantitative estimate of drug-likeness (QED) is 0.612. The lowest BCUT2D eigenvalue weighted by Crippen LogP contribution is -2.30. The Morgan fingerprint density at radius 3 is 2.32 bits per heavy atom. The van der Waals surface area contributed by atoms with Gasteiger partial charge in [-0.25, -0.2) is 31.1 Å². The van der Waals surface area contributed by atoms with Crippen LogP contribution in [0.15, 0.2) is 35.6 Å². The number of hydrogen-bond donors (Lipinski definition) is 1. The van der Waals surface area contributed by atoms with Crippen molar-refractivity contribution in [3.05, 3.63) is 53.4 Å². The number of nitrogens with two attached hydrogens (primary N) is 1. The van der Waals surface area contributed by atoms with Crippen LogP contribution in [0.4, 0.5) is 17.6 Å². The number of alkyl halides is 2. The second-order valence-electron chi connectivity index (χ2n) is 7.67. The maximum absolute atomic E-state index is 14.3. The number of oxime groups is 1. The number of pyridine rings is 1. The van der Waals surface area contributed by atoms with Crippen molar-refractivity contribution in [1.29, 1.82) is 0 Å². The Morgan fingerprint density at radius 1 is 1.21 bits per heavy atom. The molecule has 2 N–H and O–H groups in total. The zero-order valence-electron chi connectivity index (χ0n) is 19.4. The van der Waals surface area contributed by atoms with Crippen molar-refractivity contribution in [3.63, 3.8) is 0 Å². The number of likely N-dealkylation sites (tertiary alicyclic amines) is 1. The third-order valence-electron chi connectivity index (χ3n) is 4.84. The van der Waals surface area contributed by atoms with Crippen LogP contribution in [0.1, 0.15) is 44.1 Å². The fourth-order valence-electron chi connectivity index (χ4n) is 3.47. The highest BCUT2D eigenvalue weighted by molar-refractivity contribution is 7.88. The predicted octanol–water partition coefficient (Wildman–Crippen LogP) is 4.38. The second kappa shape index (κ2) is 11.1. The van der Waals surface area contributed by atoms with Crippen LogP contribution in [0.3, 0.4) is 0 Å². The van der Waals surface area contributed by atoms with Crippen molar-refractivity contribution in [2.45, 2.75) is 45.6 Å². The molecular formula is C22H28F4N4O3S. The van der Waals surface area contributed by atoms with E-state index in [4.69, 9.17) is 4.84 Å². The number of halogens is 4. The molecule has 0 saturated carbocycles. The topological polar surface area (TPSA) is 97.9 Å². The summed E-state index contributed by atoms with van der Waals surface area (Å²) in [5.74, 6) is -3.72. The fourth-order valence-corrected chi connectivity index (χ4v) is 3.47. The molecule has 4 rings (SSSR count). The van der Waals surface area contributed by atoms with E-state index in [0.717, 1.165) is 6.26 Å². The van der Waals surface area contributed by atoms with Crippen LogP contribution in [0.25, 0.3) is 11.1 Å². The summed E-state index contributed by atoms with van der Waals surface area (Å²) in [6.45, 7) is 5.52. The Kier molecular flexibility index (Phi) is 9.01. The Hall–Kier alpha value is -2.73. The lowest BCUT2D eigenvalue weighted by Gasteiger charge is -2.18. The molecule has 1 atom stereocenters. The highest BCUT2D eigenvalue weighted by Crippen LogP contribution is 2.38. The van der Waals surface area contributed by atoms with Gasteiger partial charge in [-0.15, -0.1) is 0 Å². The average molecular weight is 505 g/mol. The van der Waals surface area contributed by atoms with Gasteiger partial charge in [-0.2, -0.15) is 0 Å². The van der Waals surface area contributed by atoms with Gasteiger partial charge in [0.25, 0.3) is 5.92 Å². The van der Waals surface area contributed by atoms with E-state index >= 15 is 0 Å². The molecule has 12 heteroatoms. The van der Waals surface area contributed by atoms with Crippen LogP contribution in [-0.4, -0.2) is 49.4 Å². The molecule has 0 bridgehead atoms. The van der Waals surface area contributed by atoms with Crippen LogP contribution in [0.5, 0.6) is 0 Å². The van der Waals surface area contributed by atoms with Gasteiger partial charge < -0.3 is 9.74 Å². The second-order valence-corrected chi connectivity index (χ2v) is 9.33. The van der Waals surface area contributed by atoms with Gasteiger partial charge in [0.05, 0.1) is 24.8 Å². The molecule has 1 unspecified atom stereocenters. The summed E-state index contributed by atoms with van der Waals surface area (Å²) in [5, 5.41) is 8.26. The molecule has 3 heterocycles. The summed E-state index contributed by atoms with van der Waals surface area (Å²) in [4.78, 5) is 11.1. The molecule has 1 fully saturated rings. The van der Waals surface area contributed by atoms with Crippen molar-refractivity contribution in [1.82, 2.24) is 9.88 Å². The summed E-state index contributed by atoms with van der Waals surface area (Å²) >= 11 is 0. The fraction of sp³-hybridized carbons (Fsp3) is 0.455. The molecule has 1 saturated heterocycles. The SMILES string of the molecule is CC.CS(N)(=O)=O.Cc1cc(-c2c(F)cccc2F)c(C2CC(N3CCC(F)(F)C3)=NO2)cn1. The van der Waals surface area contributed by atoms with Crippen LogP contribution < -0.4 is 5.14 Å². The first-order valence-corrected chi connectivity index (χ1v) is 12.5. The van der Waals surface area contributed by atoms with Crippen LogP contribution in [0.2, 0.25) is 0 Å². The molecule has 188 valence electrons.